The first-order valence-electron chi connectivity index (χ1n) is 8.90. The van der Waals surface area contributed by atoms with Crippen LogP contribution in [0.5, 0.6) is 0 Å². The molecule has 0 aliphatic rings. The van der Waals surface area contributed by atoms with Crippen molar-refractivity contribution in [1.82, 2.24) is 20.8 Å². The minimum absolute atomic E-state index is 0.0200. The van der Waals surface area contributed by atoms with Crippen LogP contribution >= 0.6 is 0 Å². The molecule has 0 radical (unpaired) electrons. The number of nitrogens with two attached hydrogens (primary N) is 1. The fourth-order valence-corrected chi connectivity index (χ4v) is 2.23. The highest BCUT2D eigenvalue weighted by Crippen LogP contribution is 2.15. The van der Waals surface area contributed by atoms with Crippen LogP contribution in [0, 0.1) is 5.92 Å². The standard InChI is InChI=1S/C19H26N6O2/c1-13(2)18(20)19(27)23-12-17(26)22-11-10-21-16-9-8-15(24-25-16)14-6-4-3-5-7-14/h3-9,13,18H,10-12,20H2,1-2H3,(H,21,25)(H,22,26)(H,23,27)/t18-/m0/s1. The van der Waals surface area contributed by atoms with Gasteiger partial charge in [0.2, 0.25) is 11.8 Å². The van der Waals surface area contributed by atoms with Crippen LogP contribution in [0.2, 0.25) is 0 Å². The number of benzene rings is 1. The van der Waals surface area contributed by atoms with Gasteiger partial charge in [-0.1, -0.05) is 44.2 Å². The molecule has 0 aliphatic carbocycles. The van der Waals surface area contributed by atoms with Crippen molar-refractivity contribution in [2.75, 3.05) is 25.0 Å². The van der Waals surface area contributed by atoms with Crippen LogP contribution < -0.4 is 21.7 Å². The van der Waals surface area contributed by atoms with Crippen molar-refractivity contribution in [3.05, 3.63) is 42.5 Å². The number of nitrogens with one attached hydrogen (secondary N) is 3. The molecular weight excluding hydrogens is 344 g/mol. The summed E-state index contributed by atoms with van der Waals surface area (Å²) in [6.45, 7) is 4.50. The number of nitrogens with zero attached hydrogens (tertiary/aromatic N) is 2. The van der Waals surface area contributed by atoms with Crippen LogP contribution in [0.3, 0.4) is 0 Å². The third-order valence-electron chi connectivity index (χ3n) is 3.93. The topological polar surface area (TPSA) is 122 Å². The summed E-state index contributed by atoms with van der Waals surface area (Å²) in [5.74, 6) is 0.0467. The van der Waals surface area contributed by atoms with Gasteiger partial charge in [-0.05, 0) is 18.1 Å². The molecule has 0 aliphatic heterocycles. The van der Waals surface area contributed by atoms with E-state index in [1.54, 1.807) is 0 Å². The largest absolute Gasteiger partial charge is 0.367 e. The average molecular weight is 370 g/mol. The van der Waals surface area contributed by atoms with E-state index >= 15 is 0 Å². The number of hydrogen-bond donors (Lipinski definition) is 4. The van der Waals surface area contributed by atoms with Crippen LogP contribution in [0.4, 0.5) is 5.82 Å². The van der Waals surface area contributed by atoms with Gasteiger partial charge in [0.25, 0.3) is 0 Å². The molecule has 5 N–H and O–H groups in total. The van der Waals surface area contributed by atoms with Crippen LogP contribution in [0.25, 0.3) is 11.3 Å². The maximum absolute atomic E-state index is 11.7. The Bertz CT molecular complexity index is 734. The van der Waals surface area contributed by atoms with Gasteiger partial charge in [0, 0.05) is 18.7 Å². The van der Waals surface area contributed by atoms with Gasteiger partial charge in [-0.25, -0.2) is 0 Å². The highest BCUT2D eigenvalue weighted by atomic mass is 16.2. The Morgan fingerprint density at radius 1 is 1.00 bits per heavy atom. The van der Waals surface area contributed by atoms with E-state index in [4.69, 9.17) is 5.73 Å². The summed E-state index contributed by atoms with van der Waals surface area (Å²) in [7, 11) is 0. The Balaban J connectivity index is 1.66. The van der Waals surface area contributed by atoms with E-state index in [9.17, 15) is 9.59 Å². The molecule has 1 heterocycles. The minimum Gasteiger partial charge on any atom is -0.367 e. The molecule has 0 saturated carbocycles. The molecule has 2 rings (SSSR count). The lowest BCUT2D eigenvalue weighted by Crippen LogP contribution is -2.47. The zero-order chi connectivity index (χ0) is 19.6. The number of rotatable bonds is 9. The second-order valence-corrected chi connectivity index (χ2v) is 6.43. The van der Waals surface area contributed by atoms with E-state index in [-0.39, 0.29) is 24.3 Å². The average Bonchev–Trinajstić information content (AvgIpc) is 2.69. The van der Waals surface area contributed by atoms with E-state index in [0.29, 0.717) is 18.9 Å². The lowest BCUT2D eigenvalue weighted by atomic mass is 10.1. The van der Waals surface area contributed by atoms with Crippen molar-refractivity contribution in [3.63, 3.8) is 0 Å². The smallest absolute Gasteiger partial charge is 0.239 e. The van der Waals surface area contributed by atoms with Crippen molar-refractivity contribution >= 4 is 17.6 Å². The minimum atomic E-state index is -0.614. The lowest BCUT2D eigenvalue weighted by molar-refractivity contribution is -0.127. The predicted octanol–water partition coefficient (Wildman–Crippen LogP) is 0.771. The summed E-state index contributed by atoms with van der Waals surface area (Å²) >= 11 is 0. The fraction of sp³-hybridized carbons (Fsp3) is 0.368. The van der Waals surface area contributed by atoms with E-state index in [1.807, 2.05) is 56.3 Å². The molecular formula is C19H26N6O2. The molecule has 8 nitrogen and oxygen atoms in total. The van der Waals surface area contributed by atoms with E-state index in [1.165, 1.54) is 0 Å². The van der Waals surface area contributed by atoms with Crippen molar-refractivity contribution in [3.8, 4) is 11.3 Å². The Labute approximate surface area is 158 Å². The van der Waals surface area contributed by atoms with Crippen molar-refractivity contribution in [1.29, 1.82) is 0 Å². The third kappa shape index (κ3) is 6.67. The molecule has 144 valence electrons. The van der Waals surface area contributed by atoms with Crippen molar-refractivity contribution in [2.45, 2.75) is 19.9 Å². The third-order valence-corrected chi connectivity index (χ3v) is 3.93. The molecule has 1 aromatic carbocycles. The number of carbonyl (C=O) groups is 2. The quantitative estimate of drug-likeness (QED) is 0.484. The molecule has 1 aromatic heterocycles. The van der Waals surface area contributed by atoms with E-state index in [0.717, 1.165) is 11.3 Å². The molecule has 0 saturated heterocycles. The van der Waals surface area contributed by atoms with Gasteiger partial charge >= 0.3 is 0 Å². The highest BCUT2D eigenvalue weighted by Gasteiger charge is 2.17. The van der Waals surface area contributed by atoms with Gasteiger partial charge in [-0.15, -0.1) is 10.2 Å². The maximum Gasteiger partial charge on any atom is 0.239 e. The Morgan fingerprint density at radius 2 is 1.74 bits per heavy atom. The molecule has 0 spiro atoms. The van der Waals surface area contributed by atoms with E-state index < -0.39 is 6.04 Å². The van der Waals surface area contributed by atoms with Gasteiger partial charge < -0.3 is 21.7 Å². The predicted molar refractivity (Wildman–Crippen MR) is 105 cm³/mol. The maximum atomic E-state index is 11.7. The molecule has 0 bridgehead atoms. The van der Waals surface area contributed by atoms with E-state index in [2.05, 4.69) is 26.1 Å². The summed E-state index contributed by atoms with van der Waals surface area (Å²) in [6, 6.07) is 12.9. The van der Waals surface area contributed by atoms with Gasteiger partial charge in [-0.3, -0.25) is 9.59 Å². The molecule has 0 fully saturated rings. The summed E-state index contributed by atoms with van der Waals surface area (Å²) in [5, 5.41) is 16.6. The van der Waals surface area contributed by atoms with Crippen LogP contribution in [0.1, 0.15) is 13.8 Å². The molecule has 8 heteroatoms. The number of hydrogen-bond acceptors (Lipinski definition) is 6. The first kappa shape index (κ1) is 20.3. The van der Waals surface area contributed by atoms with Gasteiger partial charge in [-0.2, -0.15) is 0 Å². The van der Waals surface area contributed by atoms with Crippen LogP contribution in [-0.4, -0.2) is 47.7 Å². The molecule has 2 amide bonds. The second kappa shape index (κ2) is 10.2. The van der Waals surface area contributed by atoms with Crippen molar-refractivity contribution in [2.24, 2.45) is 11.7 Å². The van der Waals surface area contributed by atoms with Crippen LogP contribution in [-0.2, 0) is 9.59 Å². The zero-order valence-electron chi connectivity index (χ0n) is 15.6. The van der Waals surface area contributed by atoms with Gasteiger partial charge in [0.05, 0.1) is 18.3 Å². The number of anilines is 1. The SMILES string of the molecule is CC(C)[C@H](N)C(=O)NCC(=O)NCCNc1ccc(-c2ccccc2)nn1. The Hall–Kier alpha value is -3.00. The number of carbonyl (C=O) groups excluding carboxylic acids is 2. The number of aromatic nitrogens is 2. The Morgan fingerprint density at radius 3 is 2.37 bits per heavy atom. The summed E-state index contributed by atoms with van der Waals surface area (Å²) in [5.41, 5.74) is 7.51. The van der Waals surface area contributed by atoms with Gasteiger partial charge in [0.15, 0.2) is 0 Å². The molecule has 2 aromatic rings. The number of amides is 2. The summed E-state index contributed by atoms with van der Waals surface area (Å²) in [4.78, 5) is 23.4. The molecule has 0 unspecified atom stereocenters. The highest BCUT2D eigenvalue weighted by molar-refractivity contribution is 5.87. The second-order valence-electron chi connectivity index (χ2n) is 6.43. The lowest BCUT2D eigenvalue weighted by Gasteiger charge is -2.15. The summed E-state index contributed by atoms with van der Waals surface area (Å²) in [6.07, 6.45) is 0. The molecule has 27 heavy (non-hydrogen) atoms. The first-order chi connectivity index (χ1) is 13.0. The van der Waals surface area contributed by atoms with Crippen molar-refractivity contribution < 1.29 is 9.59 Å². The Kier molecular flexibility index (Phi) is 7.69. The monoisotopic (exact) mass is 370 g/mol. The first-order valence-corrected chi connectivity index (χ1v) is 8.90. The molecule has 1 atom stereocenters. The van der Waals surface area contributed by atoms with Gasteiger partial charge in [0.1, 0.15) is 5.82 Å². The normalized spacial score (nSPS) is 11.7. The van der Waals surface area contributed by atoms with Crippen LogP contribution in [0.15, 0.2) is 42.5 Å². The zero-order valence-corrected chi connectivity index (χ0v) is 15.6. The fourth-order valence-electron chi connectivity index (χ4n) is 2.23. The summed E-state index contributed by atoms with van der Waals surface area (Å²) < 4.78 is 0.